The zero-order chi connectivity index (χ0) is 13.8. The standard InChI is InChI=1S/C16H20BrNS/c1-4-11-6-7-13(10-12(11)5-2)15(18-3)16-14(17)8-9-19-16/h6-10,15,18H,4-5H2,1-3H3. The van der Waals surface area contributed by atoms with E-state index in [2.05, 4.69) is 64.7 Å². The van der Waals surface area contributed by atoms with Gasteiger partial charge in [-0.2, -0.15) is 0 Å². The molecule has 1 nitrogen and oxygen atoms in total. The van der Waals surface area contributed by atoms with E-state index >= 15 is 0 Å². The minimum atomic E-state index is 0.269. The van der Waals surface area contributed by atoms with Crippen LogP contribution in [0.25, 0.3) is 0 Å². The van der Waals surface area contributed by atoms with Crippen LogP contribution in [0.4, 0.5) is 0 Å². The van der Waals surface area contributed by atoms with Gasteiger partial charge in [0.05, 0.1) is 6.04 Å². The van der Waals surface area contributed by atoms with Crippen LogP contribution in [0.3, 0.4) is 0 Å². The highest BCUT2D eigenvalue weighted by Crippen LogP contribution is 2.33. The van der Waals surface area contributed by atoms with Gasteiger partial charge < -0.3 is 5.32 Å². The predicted molar refractivity (Wildman–Crippen MR) is 88.1 cm³/mol. The minimum absolute atomic E-state index is 0.269. The van der Waals surface area contributed by atoms with Crippen LogP contribution in [-0.4, -0.2) is 7.05 Å². The summed E-state index contributed by atoms with van der Waals surface area (Å²) in [5.74, 6) is 0. The molecule has 0 aliphatic heterocycles. The fraction of sp³-hybridized carbons (Fsp3) is 0.375. The van der Waals surface area contributed by atoms with Crippen LogP contribution in [-0.2, 0) is 12.8 Å². The maximum absolute atomic E-state index is 3.64. The molecule has 1 unspecified atom stereocenters. The second-order valence-corrected chi connectivity index (χ2v) is 6.39. The van der Waals surface area contributed by atoms with Gasteiger partial charge in [0.2, 0.25) is 0 Å². The summed E-state index contributed by atoms with van der Waals surface area (Å²) in [6, 6.07) is 9.27. The van der Waals surface area contributed by atoms with Crippen molar-refractivity contribution in [1.29, 1.82) is 0 Å². The summed E-state index contributed by atoms with van der Waals surface area (Å²) in [5, 5.41) is 5.56. The summed E-state index contributed by atoms with van der Waals surface area (Å²) in [4.78, 5) is 1.34. The topological polar surface area (TPSA) is 12.0 Å². The van der Waals surface area contributed by atoms with E-state index in [0.717, 1.165) is 12.8 Å². The summed E-state index contributed by atoms with van der Waals surface area (Å²) in [7, 11) is 2.02. The molecule has 0 aliphatic carbocycles. The normalized spacial score (nSPS) is 12.6. The number of aryl methyl sites for hydroxylation is 2. The molecule has 102 valence electrons. The SMILES string of the molecule is CCc1ccc(C(NC)c2sccc2Br)cc1CC. The molecule has 0 radical (unpaired) electrons. The molecule has 1 aromatic heterocycles. The summed E-state index contributed by atoms with van der Waals surface area (Å²) in [6.07, 6.45) is 2.20. The molecule has 2 rings (SSSR count). The fourth-order valence-corrected chi connectivity index (χ4v) is 4.20. The van der Waals surface area contributed by atoms with Gasteiger partial charge in [-0.25, -0.2) is 0 Å². The van der Waals surface area contributed by atoms with Crippen molar-refractivity contribution in [2.24, 2.45) is 0 Å². The lowest BCUT2D eigenvalue weighted by Gasteiger charge is -2.18. The lowest BCUT2D eigenvalue weighted by atomic mass is 9.96. The monoisotopic (exact) mass is 337 g/mol. The van der Waals surface area contributed by atoms with Crippen molar-refractivity contribution in [1.82, 2.24) is 5.32 Å². The first-order valence-corrected chi connectivity index (χ1v) is 8.40. The van der Waals surface area contributed by atoms with Gasteiger partial charge >= 0.3 is 0 Å². The lowest BCUT2D eigenvalue weighted by Crippen LogP contribution is -2.17. The molecule has 1 heterocycles. The van der Waals surface area contributed by atoms with Gasteiger partial charge in [-0.05, 0) is 64.0 Å². The van der Waals surface area contributed by atoms with Crippen LogP contribution in [0.5, 0.6) is 0 Å². The van der Waals surface area contributed by atoms with Crippen LogP contribution in [0.1, 0.15) is 41.5 Å². The van der Waals surface area contributed by atoms with E-state index in [1.807, 2.05) is 7.05 Å². The fourth-order valence-electron chi connectivity index (χ4n) is 2.46. The molecule has 2 aromatic rings. The summed E-state index contributed by atoms with van der Waals surface area (Å²) in [6.45, 7) is 4.45. The molecule has 3 heteroatoms. The maximum Gasteiger partial charge on any atom is 0.0680 e. The van der Waals surface area contributed by atoms with Gasteiger partial charge in [-0.3, -0.25) is 0 Å². The van der Waals surface area contributed by atoms with E-state index < -0.39 is 0 Å². The average molecular weight is 338 g/mol. The Kier molecular flexibility index (Phi) is 5.20. The van der Waals surface area contributed by atoms with Gasteiger partial charge in [0.15, 0.2) is 0 Å². The van der Waals surface area contributed by atoms with Gasteiger partial charge in [-0.1, -0.05) is 32.0 Å². The molecular weight excluding hydrogens is 318 g/mol. The smallest absolute Gasteiger partial charge is 0.0680 e. The highest BCUT2D eigenvalue weighted by molar-refractivity contribution is 9.10. The van der Waals surface area contributed by atoms with Crippen molar-refractivity contribution >= 4 is 27.3 Å². The number of nitrogens with one attached hydrogen (secondary N) is 1. The second kappa shape index (κ2) is 6.69. The molecule has 0 saturated carbocycles. The summed E-state index contributed by atoms with van der Waals surface area (Å²) < 4.78 is 1.19. The number of hydrogen-bond donors (Lipinski definition) is 1. The highest BCUT2D eigenvalue weighted by Gasteiger charge is 2.17. The Morgan fingerprint density at radius 3 is 2.42 bits per heavy atom. The molecule has 19 heavy (non-hydrogen) atoms. The number of rotatable bonds is 5. The first kappa shape index (κ1) is 14.8. The molecule has 1 atom stereocenters. The third kappa shape index (κ3) is 3.10. The van der Waals surface area contributed by atoms with E-state index in [0.29, 0.717) is 0 Å². The molecule has 0 aliphatic rings. The number of halogens is 1. The van der Waals surface area contributed by atoms with Crippen molar-refractivity contribution in [3.05, 3.63) is 55.7 Å². The van der Waals surface area contributed by atoms with Gasteiger partial charge in [0.25, 0.3) is 0 Å². The van der Waals surface area contributed by atoms with Crippen molar-refractivity contribution < 1.29 is 0 Å². The predicted octanol–water partition coefficient (Wildman–Crippen LogP) is 4.94. The zero-order valence-corrected chi connectivity index (χ0v) is 14.1. The second-order valence-electron chi connectivity index (χ2n) is 4.59. The van der Waals surface area contributed by atoms with E-state index in [9.17, 15) is 0 Å². The van der Waals surface area contributed by atoms with Crippen molar-refractivity contribution in [2.45, 2.75) is 32.7 Å². The summed E-state index contributed by atoms with van der Waals surface area (Å²) in [5.41, 5.74) is 4.28. The first-order valence-electron chi connectivity index (χ1n) is 6.73. The lowest BCUT2D eigenvalue weighted by molar-refractivity contribution is 0.699. The molecule has 0 spiro atoms. The number of thiophene rings is 1. The number of hydrogen-bond acceptors (Lipinski definition) is 2. The maximum atomic E-state index is 3.64. The van der Waals surface area contributed by atoms with Crippen LogP contribution >= 0.6 is 27.3 Å². The van der Waals surface area contributed by atoms with E-state index in [4.69, 9.17) is 0 Å². The molecule has 0 bridgehead atoms. The largest absolute Gasteiger partial charge is 0.309 e. The Labute approximate surface area is 128 Å². The van der Waals surface area contributed by atoms with Crippen molar-refractivity contribution in [2.75, 3.05) is 7.05 Å². The quantitative estimate of drug-likeness (QED) is 0.814. The first-order chi connectivity index (χ1) is 9.21. The van der Waals surface area contributed by atoms with Crippen LogP contribution in [0, 0.1) is 0 Å². The third-order valence-electron chi connectivity index (χ3n) is 3.52. The Morgan fingerprint density at radius 2 is 1.89 bits per heavy atom. The molecule has 1 N–H and O–H groups in total. The van der Waals surface area contributed by atoms with Gasteiger partial charge in [-0.15, -0.1) is 11.3 Å². The molecule has 1 aromatic carbocycles. The third-order valence-corrected chi connectivity index (χ3v) is 5.46. The Bertz CT molecular complexity index is 547. The van der Waals surface area contributed by atoms with Crippen LogP contribution < -0.4 is 5.32 Å². The Balaban J connectivity index is 2.42. The molecule has 0 amide bonds. The van der Waals surface area contributed by atoms with Crippen molar-refractivity contribution in [3.8, 4) is 0 Å². The van der Waals surface area contributed by atoms with Crippen LogP contribution in [0.2, 0.25) is 0 Å². The van der Waals surface area contributed by atoms with Crippen LogP contribution in [0.15, 0.2) is 34.1 Å². The molecule has 0 saturated heterocycles. The van der Waals surface area contributed by atoms with E-state index in [1.165, 1.54) is 26.0 Å². The number of benzene rings is 1. The molecular formula is C16H20BrNS. The minimum Gasteiger partial charge on any atom is -0.309 e. The highest BCUT2D eigenvalue weighted by atomic mass is 79.9. The van der Waals surface area contributed by atoms with Crippen molar-refractivity contribution in [3.63, 3.8) is 0 Å². The molecule has 0 fully saturated rings. The average Bonchev–Trinajstić information content (AvgIpc) is 2.86. The zero-order valence-electron chi connectivity index (χ0n) is 11.7. The summed E-state index contributed by atoms with van der Waals surface area (Å²) >= 11 is 5.43. The van der Waals surface area contributed by atoms with Gasteiger partial charge in [0, 0.05) is 9.35 Å². The van der Waals surface area contributed by atoms with E-state index in [-0.39, 0.29) is 6.04 Å². The van der Waals surface area contributed by atoms with E-state index in [1.54, 1.807) is 11.3 Å². The Hall–Kier alpha value is -0.640. The van der Waals surface area contributed by atoms with Gasteiger partial charge in [0.1, 0.15) is 0 Å². The Morgan fingerprint density at radius 1 is 1.16 bits per heavy atom.